The average Bonchev–Trinajstić information content (AvgIpc) is 2.69. The number of hydrogen-bond donors (Lipinski definition) is 3. The Morgan fingerprint density at radius 2 is 2.05 bits per heavy atom. The molecular weight excluding hydrogens is 292 g/mol. The maximum atomic E-state index is 13.5. The number of benzene rings is 1. The summed E-state index contributed by atoms with van der Waals surface area (Å²) < 4.78 is 51.2. The van der Waals surface area contributed by atoms with Crippen molar-refractivity contribution in [3.63, 3.8) is 0 Å². The van der Waals surface area contributed by atoms with Crippen LogP contribution in [0.25, 0.3) is 0 Å². The maximum Gasteiger partial charge on any atom is 0.416 e. The zero-order chi connectivity index (χ0) is 15.8. The van der Waals surface area contributed by atoms with E-state index >= 15 is 0 Å². The number of alkyl halides is 3. The molecule has 112 valence electrons. The molecule has 0 aliphatic heterocycles. The molecule has 0 unspecified atom stereocenters. The molecule has 4 N–H and O–H groups in total. The molecule has 0 aliphatic rings. The number of aromatic amines is 1. The Kier molecular flexibility index (Phi) is 3.58. The van der Waals surface area contributed by atoms with E-state index in [1.165, 1.54) is 0 Å². The van der Waals surface area contributed by atoms with Crippen LogP contribution < -0.4 is 11.1 Å². The highest BCUT2D eigenvalue weighted by Crippen LogP contribution is 2.30. The molecular formula is C12H10F4N4O. The summed E-state index contributed by atoms with van der Waals surface area (Å²) in [5.41, 5.74) is 4.30. The van der Waals surface area contributed by atoms with Gasteiger partial charge in [0, 0.05) is 0 Å². The summed E-state index contributed by atoms with van der Waals surface area (Å²) in [6.07, 6.45) is -4.68. The summed E-state index contributed by atoms with van der Waals surface area (Å²) in [7, 11) is 0. The van der Waals surface area contributed by atoms with Crippen molar-refractivity contribution in [1.29, 1.82) is 0 Å². The van der Waals surface area contributed by atoms with Gasteiger partial charge in [0.1, 0.15) is 5.82 Å². The van der Waals surface area contributed by atoms with E-state index < -0.39 is 29.0 Å². The summed E-state index contributed by atoms with van der Waals surface area (Å²) in [5.74, 6) is -2.22. The molecule has 1 amide bonds. The Balaban J connectivity index is 2.33. The van der Waals surface area contributed by atoms with Gasteiger partial charge in [-0.3, -0.25) is 9.89 Å². The minimum Gasteiger partial charge on any atom is -0.394 e. The molecule has 2 aromatic rings. The molecule has 0 bridgehead atoms. The van der Waals surface area contributed by atoms with Crippen molar-refractivity contribution in [2.24, 2.45) is 0 Å². The second-order valence-electron chi connectivity index (χ2n) is 4.26. The first-order chi connectivity index (χ1) is 9.70. The molecule has 0 aliphatic carbocycles. The van der Waals surface area contributed by atoms with E-state index in [1.807, 2.05) is 0 Å². The van der Waals surface area contributed by atoms with Gasteiger partial charge in [-0.15, -0.1) is 0 Å². The van der Waals surface area contributed by atoms with Crippen molar-refractivity contribution >= 4 is 17.4 Å². The van der Waals surface area contributed by atoms with Gasteiger partial charge >= 0.3 is 6.18 Å². The molecule has 5 nitrogen and oxygen atoms in total. The van der Waals surface area contributed by atoms with E-state index in [0.717, 1.165) is 0 Å². The van der Waals surface area contributed by atoms with Crippen molar-refractivity contribution < 1.29 is 22.4 Å². The van der Waals surface area contributed by atoms with Crippen LogP contribution in [0.4, 0.5) is 29.1 Å². The molecule has 0 radical (unpaired) electrons. The summed E-state index contributed by atoms with van der Waals surface area (Å²) in [6.45, 7) is 1.59. The summed E-state index contributed by atoms with van der Waals surface area (Å²) in [6, 6.07) is 1.57. The predicted molar refractivity (Wildman–Crippen MR) is 67.1 cm³/mol. The van der Waals surface area contributed by atoms with Gasteiger partial charge in [-0.2, -0.15) is 18.3 Å². The van der Waals surface area contributed by atoms with Crippen molar-refractivity contribution in [2.45, 2.75) is 13.1 Å². The van der Waals surface area contributed by atoms with Crippen LogP contribution in [0.1, 0.15) is 21.6 Å². The molecule has 0 saturated carbocycles. The van der Waals surface area contributed by atoms with Crippen LogP contribution in [0.2, 0.25) is 0 Å². The SMILES string of the molecule is Cc1[nH]nc(NC(=O)c2cc(C(F)(F)F)ccc2F)c1N. The predicted octanol–water partition coefficient (Wildman–Crippen LogP) is 2.71. The fourth-order valence-electron chi connectivity index (χ4n) is 1.58. The van der Waals surface area contributed by atoms with Gasteiger partial charge < -0.3 is 11.1 Å². The van der Waals surface area contributed by atoms with Crippen LogP contribution in [-0.4, -0.2) is 16.1 Å². The van der Waals surface area contributed by atoms with Crippen molar-refractivity contribution in [3.8, 4) is 0 Å². The van der Waals surface area contributed by atoms with Crippen LogP contribution in [0.5, 0.6) is 0 Å². The number of hydrogen-bond acceptors (Lipinski definition) is 3. The minimum absolute atomic E-state index is 0.0747. The lowest BCUT2D eigenvalue weighted by molar-refractivity contribution is -0.137. The molecule has 0 atom stereocenters. The largest absolute Gasteiger partial charge is 0.416 e. The Morgan fingerprint density at radius 1 is 1.38 bits per heavy atom. The number of nitrogens with two attached hydrogens (primary N) is 1. The number of carbonyl (C=O) groups is 1. The number of amides is 1. The molecule has 2 rings (SSSR count). The first kappa shape index (κ1) is 14.8. The quantitative estimate of drug-likeness (QED) is 0.746. The number of carbonyl (C=O) groups excluding carboxylic acids is 1. The molecule has 1 aromatic carbocycles. The number of halogens is 4. The number of H-pyrrole nitrogens is 1. The number of nitrogen functional groups attached to an aromatic ring is 1. The molecule has 1 heterocycles. The number of anilines is 2. The number of nitrogens with zero attached hydrogens (tertiary/aromatic N) is 1. The topological polar surface area (TPSA) is 83.8 Å². The highest BCUT2D eigenvalue weighted by Gasteiger charge is 2.32. The van der Waals surface area contributed by atoms with Gasteiger partial charge in [-0.05, 0) is 25.1 Å². The first-order valence-corrected chi connectivity index (χ1v) is 5.68. The third kappa shape index (κ3) is 2.96. The van der Waals surface area contributed by atoms with Crippen molar-refractivity contribution in [1.82, 2.24) is 10.2 Å². The molecule has 0 spiro atoms. The van der Waals surface area contributed by atoms with Gasteiger partial charge in [0.2, 0.25) is 0 Å². The average molecular weight is 302 g/mol. The normalized spacial score (nSPS) is 11.5. The van der Waals surface area contributed by atoms with Gasteiger partial charge in [-0.1, -0.05) is 0 Å². The Hall–Kier alpha value is -2.58. The summed E-state index contributed by atoms with van der Waals surface area (Å²) in [4.78, 5) is 11.8. The first-order valence-electron chi connectivity index (χ1n) is 5.68. The Morgan fingerprint density at radius 3 is 2.57 bits per heavy atom. The summed E-state index contributed by atoms with van der Waals surface area (Å²) >= 11 is 0. The van der Waals surface area contributed by atoms with Gasteiger partial charge in [0.05, 0.1) is 22.5 Å². The van der Waals surface area contributed by atoms with Crippen molar-refractivity contribution in [2.75, 3.05) is 11.1 Å². The maximum absolute atomic E-state index is 13.5. The standard InChI is InChI=1S/C12H10F4N4O/c1-5-9(17)10(20-19-5)18-11(21)7-4-6(12(14,15)16)2-3-8(7)13/h2-4H,17H2,1H3,(H2,18,19,20,21). The van der Waals surface area contributed by atoms with E-state index in [4.69, 9.17) is 5.73 Å². The van der Waals surface area contributed by atoms with E-state index in [0.29, 0.717) is 23.9 Å². The van der Waals surface area contributed by atoms with Gasteiger partial charge in [0.15, 0.2) is 5.82 Å². The minimum atomic E-state index is -4.68. The Labute approximate surface area is 116 Å². The molecule has 1 aromatic heterocycles. The zero-order valence-electron chi connectivity index (χ0n) is 10.7. The lowest BCUT2D eigenvalue weighted by Gasteiger charge is -2.09. The third-order valence-electron chi connectivity index (χ3n) is 2.76. The fourth-order valence-corrected chi connectivity index (χ4v) is 1.58. The van der Waals surface area contributed by atoms with Gasteiger partial charge in [-0.25, -0.2) is 4.39 Å². The van der Waals surface area contributed by atoms with Crippen LogP contribution in [-0.2, 0) is 6.18 Å². The lowest BCUT2D eigenvalue weighted by atomic mass is 10.1. The van der Waals surface area contributed by atoms with Crippen LogP contribution >= 0.6 is 0 Å². The van der Waals surface area contributed by atoms with Crippen LogP contribution in [0, 0.1) is 12.7 Å². The molecule has 0 fully saturated rings. The highest BCUT2D eigenvalue weighted by molar-refractivity contribution is 6.05. The third-order valence-corrected chi connectivity index (χ3v) is 2.76. The van der Waals surface area contributed by atoms with Gasteiger partial charge in [0.25, 0.3) is 5.91 Å². The van der Waals surface area contributed by atoms with E-state index in [1.54, 1.807) is 6.92 Å². The monoisotopic (exact) mass is 302 g/mol. The zero-order valence-corrected chi connectivity index (χ0v) is 10.7. The van der Waals surface area contributed by atoms with E-state index in [9.17, 15) is 22.4 Å². The van der Waals surface area contributed by atoms with Crippen LogP contribution in [0.15, 0.2) is 18.2 Å². The number of aromatic nitrogens is 2. The summed E-state index contributed by atoms with van der Waals surface area (Å²) in [5, 5.41) is 8.29. The van der Waals surface area contributed by atoms with Crippen molar-refractivity contribution in [3.05, 3.63) is 40.8 Å². The molecule has 21 heavy (non-hydrogen) atoms. The van der Waals surface area contributed by atoms with Crippen LogP contribution in [0.3, 0.4) is 0 Å². The molecule has 0 saturated heterocycles. The fraction of sp³-hybridized carbons (Fsp3) is 0.167. The second-order valence-corrected chi connectivity index (χ2v) is 4.26. The van der Waals surface area contributed by atoms with E-state index in [-0.39, 0.29) is 11.5 Å². The second kappa shape index (κ2) is 5.08. The number of rotatable bonds is 2. The highest BCUT2D eigenvalue weighted by atomic mass is 19.4. The Bertz CT molecular complexity index is 693. The smallest absolute Gasteiger partial charge is 0.394 e. The van der Waals surface area contributed by atoms with E-state index in [2.05, 4.69) is 15.5 Å². The number of aryl methyl sites for hydroxylation is 1. The molecule has 9 heteroatoms. The number of nitrogens with one attached hydrogen (secondary N) is 2. The lowest BCUT2D eigenvalue weighted by Crippen LogP contribution is -2.17.